The van der Waals surface area contributed by atoms with Gasteiger partial charge in [-0.15, -0.1) is 0 Å². The molecule has 3 rings (SSSR count). The van der Waals surface area contributed by atoms with Gasteiger partial charge in [-0.3, -0.25) is 19.3 Å². The van der Waals surface area contributed by atoms with Gasteiger partial charge in [-0.2, -0.15) is 0 Å². The molecular formula is C21H23NO5. The number of imide groups is 1. The molecule has 2 amide bonds. The minimum atomic E-state index is -0.667. The lowest BCUT2D eigenvalue weighted by Gasteiger charge is -2.26. The largest absolute Gasteiger partial charge is 0.493 e. The number of carbonyl (C=O) groups excluding carboxylic acids is 3. The van der Waals surface area contributed by atoms with Gasteiger partial charge in [0.2, 0.25) is 5.91 Å². The molecule has 6 heteroatoms. The Morgan fingerprint density at radius 1 is 1.30 bits per heavy atom. The predicted molar refractivity (Wildman–Crippen MR) is 99.4 cm³/mol. The summed E-state index contributed by atoms with van der Waals surface area (Å²) in [6.45, 7) is 3.76. The number of fused-ring (bicyclic) bond motifs is 1. The first-order valence-electron chi connectivity index (χ1n) is 9.02. The van der Waals surface area contributed by atoms with Crippen molar-refractivity contribution < 1.29 is 23.9 Å². The first-order valence-corrected chi connectivity index (χ1v) is 9.02. The lowest BCUT2D eigenvalue weighted by molar-refractivity contribution is -0.142. The van der Waals surface area contributed by atoms with Crippen LogP contribution in [0.4, 0.5) is 0 Å². The van der Waals surface area contributed by atoms with Gasteiger partial charge in [0.15, 0.2) is 11.5 Å². The van der Waals surface area contributed by atoms with Crippen LogP contribution in [0.25, 0.3) is 0 Å². The van der Waals surface area contributed by atoms with E-state index < -0.39 is 12.0 Å². The maximum absolute atomic E-state index is 12.9. The molecule has 0 radical (unpaired) electrons. The van der Waals surface area contributed by atoms with Crippen LogP contribution in [-0.2, 0) is 14.4 Å². The number of hydrogen-bond donors (Lipinski definition) is 0. The third-order valence-corrected chi connectivity index (χ3v) is 4.83. The quantitative estimate of drug-likeness (QED) is 0.691. The fourth-order valence-corrected chi connectivity index (χ4v) is 3.59. The number of ether oxygens (including phenoxy) is 2. The average Bonchev–Trinajstić information content (AvgIpc) is 2.91. The summed E-state index contributed by atoms with van der Waals surface area (Å²) in [5, 5.41) is 0. The Morgan fingerprint density at radius 3 is 2.70 bits per heavy atom. The molecule has 1 unspecified atom stereocenters. The molecule has 27 heavy (non-hydrogen) atoms. The minimum absolute atomic E-state index is 0.0583. The molecule has 0 aromatic heterocycles. The highest BCUT2D eigenvalue weighted by atomic mass is 16.5. The number of likely N-dealkylation sites (tertiary alicyclic amines) is 1. The van der Waals surface area contributed by atoms with Crippen molar-refractivity contribution in [3.05, 3.63) is 47.6 Å². The maximum Gasteiger partial charge on any atom is 0.257 e. The average molecular weight is 369 g/mol. The number of ketones is 1. The van der Waals surface area contributed by atoms with Crippen molar-refractivity contribution >= 4 is 17.6 Å². The maximum atomic E-state index is 12.9. The summed E-state index contributed by atoms with van der Waals surface area (Å²) in [4.78, 5) is 39.0. The monoisotopic (exact) mass is 369 g/mol. The third kappa shape index (κ3) is 3.52. The lowest BCUT2D eigenvalue weighted by atomic mass is 9.94. The molecule has 1 heterocycles. The van der Waals surface area contributed by atoms with Crippen LogP contribution in [0.3, 0.4) is 0 Å². The Balaban J connectivity index is 2.02. The fourth-order valence-electron chi connectivity index (χ4n) is 3.59. The van der Waals surface area contributed by atoms with E-state index >= 15 is 0 Å². The van der Waals surface area contributed by atoms with E-state index in [1.54, 1.807) is 37.5 Å². The summed E-state index contributed by atoms with van der Waals surface area (Å²) in [6.07, 6.45) is 5.93. The molecule has 0 N–H and O–H groups in total. The number of amides is 2. The molecular weight excluding hydrogens is 346 g/mol. The molecule has 0 bridgehead atoms. The second kappa shape index (κ2) is 7.78. The zero-order valence-electron chi connectivity index (χ0n) is 15.7. The zero-order chi connectivity index (χ0) is 19.6. The summed E-state index contributed by atoms with van der Waals surface area (Å²) in [6, 6.07) is 4.57. The lowest BCUT2D eigenvalue weighted by Crippen LogP contribution is -2.35. The highest BCUT2D eigenvalue weighted by molar-refractivity contribution is 6.15. The van der Waals surface area contributed by atoms with Gasteiger partial charge >= 0.3 is 0 Å². The highest BCUT2D eigenvalue weighted by Crippen LogP contribution is 2.40. The van der Waals surface area contributed by atoms with Gasteiger partial charge in [0.05, 0.1) is 25.7 Å². The molecule has 1 aliphatic carbocycles. The molecule has 2 atom stereocenters. The van der Waals surface area contributed by atoms with E-state index in [1.807, 2.05) is 13.0 Å². The summed E-state index contributed by atoms with van der Waals surface area (Å²) >= 11 is 0. The van der Waals surface area contributed by atoms with Gasteiger partial charge in [-0.25, -0.2) is 0 Å². The van der Waals surface area contributed by atoms with Crippen LogP contribution >= 0.6 is 0 Å². The standard InChI is InChI=1S/C21H23NO5/c1-4-27-19-12-14(9-10-18(19)26-3)17(11-13(2)23)22-20(24)15-7-5-6-8-16(15)21(22)25/h5-7,9-10,12,16-17H,4,8,11H2,1-3H3/t16?,17-/m1/s1. The number of methoxy groups -OCH3 is 1. The van der Waals surface area contributed by atoms with Crippen LogP contribution in [0.2, 0.25) is 0 Å². The zero-order valence-corrected chi connectivity index (χ0v) is 15.7. The minimum Gasteiger partial charge on any atom is -0.493 e. The molecule has 1 aromatic carbocycles. The second-order valence-corrected chi connectivity index (χ2v) is 6.62. The predicted octanol–water partition coefficient (Wildman–Crippen LogP) is 2.99. The Kier molecular flexibility index (Phi) is 5.44. The summed E-state index contributed by atoms with van der Waals surface area (Å²) < 4.78 is 10.9. The molecule has 1 aliphatic heterocycles. The van der Waals surface area contributed by atoms with Crippen LogP contribution in [0.5, 0.6) is 11.5 Å². The van der Waals surface area contributed by atoms with E-state index in [-0.39, 0.29) is 24.0 Å². The smallest absolute Gasteiger partial charge is 0.257 e. The van der Waals surface area contributed by atoms with Gasteiger partial charge in [-0.1, -0.05) is 24.3 Å². The van der Waals surface area contributed by atoms with Crippen molar-refractivity contribution in [2.24, 2.45) is 5.92 Å². The van der Waals surface area contributed by atoms with Gasteiger partial charge in [0.25, 0.3) is 5.91 Å². The molecule has 0 saturated carbocycles. The van der Waals surface area contributed by atoms with E-state index in [4.69, 9.17) is 9.47 Å². The van der Waals surface area contributed by atoms with E-state index in [0.29, 0.717) is 35.7 Å². The van der Waals surface area contributed by atoms with Crippen LogP contribution in [0.1, 0.15) is 38.3 Å². The van der Waals surface area contributed by atoms with Crippen molar-refractivity contribution in [1.29, 1.82) is 0 Å². The number of Topliss-reactive ketones (excluding diaryl/α,β-unsaturated/α-hetero) is 1. The number of nitrogens with zero attached hydrogens (tertiary/aromatic N) is 1. The molecule has 1 fully saturated rings. The molecule has 0 spiro atoms. The van der Waals surface area contributed by atoms with Crippen molar-refractivity contribution in [2.75, 3.05) is 13.7 Å². The second-order valence-electron chi connectivity index (χ2n) is 6.62. The third-order valence-electron chi connectivity index (χ3n) is 4.83. The topological polar surface area (TPSA) is 72.9 Å². The van der Waals surface area contributed by atoms with Crippen molar-refractivity contribution in [3.8, 4) is 11.5 Å². The molecule has 1 saturated heterocycles. The van der Waals surface area contributed by atoms with Crippen LogP contribution in [0.15, 0.2) is 42.0 Å². The van der Waals surface area contributed by atoms with Crippen LogP contribution < -0.4 is 9.47 Å². The Hall–Kier alpha value is -2.89. The van der Waals surface area contributed by atoms with E-state index in [0.717, 1.165) is 0 Å². The number of rotatable bonds is 7. The summed E-state index contributed by atoms with van der Waals surface area (Å²) in [5.41, 5.74) is 1.16. The van der Waals surface area contributed by atoms with Gasteiger partial charge in [0, 0.05) is 12.0 Å². The van der Waals surface area contributed by atoms with Gasteiger partial charge in [-0.05, 0) is 38.0 Å². The Bertz CT molecular complexity index is 839. The fraction of sp³-hybridized carbons (Fsp3) is 0.381. The number of carbonyl (C=O) groups is 3. The molecule has 6 nitrogen and oxygen atoms in total. The van der Waals surface area contributed by atoms with Crippen molar-refractivity contribution in [2.45, 2.75) is 32.7 Å². The van der Waals surface area contributed by atoms with Gasteiger partial charge in [0.1, 0.15) is 5.78 Å². The number of allylic oxidation sites excluding steroid dienone is 3. The van der Waals surface area contributed by atoms with Gasteiger partial charge < -0.3 is 9.47 Å². The van der Waals surface area contributed by atoms with Crippen molar-refractivity contribution in [1.82, 2.24) is 4.90 Å². The normalized spacial score (nSPS) is 19.6. The first kappa shape index (κ1) is 18.9. The first-order chi connectivity index (χ1) is 13.0. The SMILES string of the molecule is CCOc1cc([C@@H](CC(C)=O)N2C(=O)C3=CC=CCC3C2=O)ccc1OC. The summed E-state index contributed by atoms with van der Waals surface area (Å²) in [7, 11) is 1.54. The highest BCUT2D eigenvalue weighted by Gasteiger charge is 2.46. The van der Waals surface area contributed by atoms with E-state index in [9.17, 15) is 14.4 Å². The van der Waals surface area contributed by atoms with E-state index in [2.05, 4.69) is 0 Å². The van der Waals surface area contributed by atoms with E-state index in [1.165, 1.54) is 11.8 Å². The number of hydrogen-bond acceptors (Lipinski definition) is 5. The summed E-state index contributed by atoms with van der Waals surface area (Å²) in [5.74, 6) is -0.0618. The van der Waals surface area contributed by atoms with Crippen molar-refractivity contribution in [3.63, 3.8) is 0 Å². The Morgan fingerprint density at radius 2 is 2.07 bits per heavy atom. The molecule has 2 aliphatic rings. The molecule has 1 aromatic rings. The van der Waals surface area contributed by atoms with Crippen LogP contribution in [0, 0.1) is 5.92 Å². The van der Waals surface area contributed by atoms with Crippen LogP contribution in [-0.4, -0.2) is 36.2 Å². The molecule has 142 valence electrons. The Labute approximate surface area is 158 Å². The number of benzene rings is 1.